The number of pyridine rings is 1. The largest absolute Gasteiger partial charge is 0.394 e. The van der Waals surface area contributed by atoms with Crippen LogP contribution in [0.15, 0.2) is 35.3 Å². The van der Waals surface area contributed by atoms with Gasteiger partial charge >= 0.3 is 0 Å². The van der Waals surface area contributed by atoms with Gasteiger partial charge in [0.15, 0.2) is 5.43 Å². The first-order valence-electron chi connectivity index (χ1n) is 5.22. The van der Waals surface area contributed by atoms with E-state index >= 15 is 0 Å². The summed E-state index contributed by atoms with van der Waals surface area (Å²) in [7, 11) is 0. The van der Waals surface area contributed by atoms with Crippen LogP contribution in [0.3, 0.4) is 0 Å². The Morgan fingerprint density at radius 1 is 1.24 bits per heavy atom. The number of H-pyrrole nitrogens is 1. The smallest absolute Gasteiger partial charge is 0.189 e. The number of aliphatic hydroxyl groups is 3. The first-order chi connectivity index (χ1) is 8.13. The normalized spacial score (nSPS) is 14.8. The Balaban J connectivity index is 2.51. The molecule has 0 bridgehead atoms. The van der Waals surface area contributed by atoms with E-state index in [2.05, 4.69) is 4.98 Å². The van der Waals surface area contributed by atoms with Crippen molar-refractivity contribution in [2.24, 2.45) is 0 Å². The standard InChI is InChI=1S/C12H13NO4/c14-6-11(16)12(17)7-1-2-9-8(5-7)10(15)3-4-13-9/h1-5,11-12,14,16-17H,6H2,(H,13,15). The maximum Gasteiger partial charge on any atom is 0.189 e. The third kappa shape index (κ3) is 2.21. The molecule has 0 aliphatic rings. The molecule has 90 valence electrons. The van der Waals surface area contributed by atoms with Gasteiger partial charge in [-0.1, -0.05) is 6.07 Å². The molecule has 0 saturated carbocycles. The molecule has 0 fully saturated rings. The maximum absolute atomic E-state index is 11.6. The lowest BCUT2D eigenvalue weighted by molar-refractivity contribution is -0.0152. The fourth-order valence-corrected chi connectivity index (χ4v) is 1.69. The van der Waals surface area contributed by atoms with E-state index in [1.54, 1.807) is 18.3 Å². The van der Waals surface area contributed by atoms with Gasteiger partial charge < -0.3 is 20.3 Å². The molecule has 5 nitrogen and oxygen atoms in total. The second kappa shape index (κ2) is 4.67. The molecule has 0 saturated heterocycles. The van der Waals surface area contributed by atoms with Crippen molar-refractivity contribution in [3.63, 3.8) is 0 Å². The van der Waals surface area contributed by atoms with Crippen LogP contribution in [0.2, 0.25) is 0 Å². The first-order valence-corrected chi connectivity index (χ1v) is 5.22. The molecule has 0 aliphatic heterocycles. The van der Waals surface area contributed by atoms with E-state index < -0.39 is 18.8 Å². The van der Waals surface area contributed by atoms with E-state index in [0.717, 1.165) is 0 Å². The number of hydrogen-bond acceptors (Lipinski definition) is 4. The van der Waals surface area contributed by atoms with Crippen molar-refractivity contribution in [3.05, 3.63) is 46.2 Å². The topological polar surface area (TPSA) is 93.6 Å². The van der Waals surface area contributed by atoms with Gasteiger partial charge in [-0.15, -0.1) is 0 Å². The zero-order valence-corrected chi connectivity index (χ0v) is 9.00. The summed E-state index contributed by atoms with van der Waals surface area (Å²) < 4.78 is 0. The average molecular weight is 235 g/mol. The molecule has 1 aromatic carbocycles. The first kappa shape index (κ1) is 11.8. The Kier molecular flexibility index (Phi) is 3.23. The van der Waals surface area contributed by atoms with Gasteiger partial charge in [-0.05, 0) is 17.7 Å². The average Bonchev–Trinajstić information content (AvgIpc) is 2.37. The van der Waals surface area contributed by atoms with Crippen LogP contribution in [-0.2, 0) is 0 Å². The molecule has 0 radical (unpaired) electrons. The van der Waals surface area contributed by atoms with E-state index in [-0.39, 0.29) is 5.43 Å². The minimum Gasteiger partial charge on any atom is -0.394 e. The Hall–Kier alpha value is -1.69. The van der Waals surface area contributed by atoms with Crippen molar-refractivity contribution >= 4 is 10.9 Å². The van der Waals surface area contributed by atoms with Crippen LogP contribution in [0.25, 0.3) is 10.9 Å². The van der Waals surface area contributed by atoms with Gasteiger partial charge in [0.2, 0.25) is 0 Å². The predicted molar refractivity (Wildman–Crippen MR) is 62.6 cm³/mol. The van der Waals surface area contributed by atoms with Crippen molar-refractivity contribution in [2.75, 3.05) is 6.61 Å². The van der Waals surface area contributed by atoms with Crippen molar-refractivity contribution in [1.82, 2.24) is 4.98 Å². The molecular formula is C12H13NO4. The van der Waals surface area contributed by atoms with Gasteiger partial charge in [0, 0.05) is 23.2 Å². The number of rotatable bonds is 3. The van der Waals surface area contributed by atoms with Crippen LogP contribution in [0.1, 0.15) is 11.7 Å². The molecule has 0 amide bonds. The molecule has 5 heteroatoms. The van der Waals surface area contributed by atoms with Crippen molar-refractivity contribution in [3.8, 4) is 0 Å². The highest BCUT2D eigenvalue weighted by atomic mass is 16.4. The second-order valence-electron chi connectivity index (χ2n) is 3.84. The highest BCUT2D eigenvalue weighted by molar-refractivity contribution is 5.78. The third-order valence-electron chi connectivity index (χ3n) is 2.68. The summed E-state index contributed by atoms with van der Waals surface area (Å²) in [5.74, 6) is 0. The minimum absolute atomic E-state index is 0.161. The SMILES string of the molecule is O=c1cc[nH]c2ccc(C(O)C(O)CO)cc12. The van der Waals surface area contributed by atoms with Gasteiger partial charge in [0.05, 0.1) is 6.61 Å². The van der Waals surface area contributed by atoms with Crippen LogP contribution in [0.5, 0.6) is 0 Å². The summed E-state index contributed by atoms with van der Waals surface area (Å²) in [6.07, 6.45) is -0.914. The highest BCUT2D eigenvalue weighted by Gasteiger charge is 2.17. The van der Waals surface area contributed by atoms with E-state index in [0.29, 0.717) is 16.5 Å². The van der Waals surface area contributed by atoms with E-state index in [9.17, 15) is 15.0 Å². The number of fused-ring (bicyclic) bond motifs is 1. The lowest BCUT2D eigenvalue weighted by Crippen LogP contribution is -2.22. The number of nitrogens with one attached hydrogen (secondary N) is 1. The zero-order valence-electron chi connectivity index (χ0n) is 9.00. The summed E-state index contributed by atoms with van der Waals surface area (Å²) in [5.41, 5.74) is 0.897. The quantitative estimate of drug-likeness (QED) is 0.598. The Morgan fingerprint density at radius 3 is 2.71 bits per heavy atom. The summed E-state index contributed by atoms with van der Waals surface area (Å²) in [5, 5.41) is 28.2. The summed E-state index contributed by atoms with van der Waals surface area (Å²) in [6, 6.07) is 6.15. The van der Waals surface area contributed by atoms with Gasteiger partial charge in [0.1, 0.15) is 12.2 Å². The second-order valence-corrected chi connectivity index (χ2v) is 3.84. The summed E-state index contributed by atoms with van der Waals surface area (Å²) in [4.78, 5) is 14.5. The van der Waals surface area contributed by atoms with E-state index in [1.807, 2.05) is 0 Å². The summed E-state index contributed by atoms with van der Waals surface area (Å²) >= 11 is 0. The zero-order chi connectivity index (χ0) is 12.4. The molecule has 1 aromatic heterocycles. The van der Waals surface area contributed by atoms with Crippen molar-refractivity contribution < 1.29 is 15.3 Å². The maximum atomic E-state index is 11.6. The van der Waals surface area contributed by atoms with Crippen LogP contribution in [0.4, 0.5) is 0 Å². The fourth-order valence-electron chi connectivity index (χ4n) is 1.69. The van der Waals surface area contributed by atoms with Gasteiger partial charge in [0.25, 0.3) is 0 Å². The van der Waals surface area contributed by atoms with E-state index in [4.69, 9.17) is 5.11 Å². The molecular weight excluding hydrogens is 222 g/mol. The molecule has 17 heavy (non-hydrogen) atoms. The van der Waals surface area contributed by atoms with E-state index in [1.165, 1.54) is 12.1 Å². The molecule has 0 aliphatic carbocycles. The molecule has 1 heterocycles. The van der Waals surface area contributed by atoms with Crippen LogP contribution < -0.4 is 5.43 Å². The lowest BCUT2D eigenvalue weighted by Gasteiger charge is -2.16. The van der Waals surface area contributed by atoms with Gasteiger partial charge in [-0.3, -0.25) is 4.79 Å². The predicted octanol–water partition coefficient (Wildman–Crippen LogP) is -0.0853. The monoisotopic (exact) mass is 235 g/mol. The minimum atomic E-state index is -1.25. The van der Waals surface area contributed by atoms with Crippen molar-refractivity contribution in [2.45, 2.75) is 12.2 Å². The van der Waals surface area contributed by atoms with Crippen LogP contribution in [0, 0.1) is 0 Å². The molecule has 0 spiro atoms. The van der Waals surface area contributed by atoms with Gasteiger partial charge in [-0.25, -0.2) is 0 Å². The fraction of sp³-hybridized carbons (Fsp3) is 0.250. The Morgan fingerprint density at radius 2 is 2.00 bits per heavy atom. The number of hydrogen-bond donors (Lipinski definition) is 4. The van der Waals surface area contributed by atoms with Crippen LogP contribution in [-0.4, -0.2) is 33.0 Å². The molecule has 2 unspecified atom stereocenters. The molecule has 2 atom stereocenters. The third-order valence-corrected chi connectivity index (χ3v) is 2.68. The number of aromatic amines is 1. The Labute approximate surface area is 97.0 Å². The summed E-state index contributed by atoms with van der Waals surface area (Å²) in [6.45, 7) is -0.537. The van der Waals surface area contributed by atoms with Gasteiger partial charge in [-0.2, -0.15) is 0 Å². The molecule has 4 N–H and O–H groups in total. The van der Waals surface area contributed by atoms with Crippen LogP contribution >= 0.6 is 0 Å². The Bertz CT molecular complexity index is 578. The number of benzene rings is 1. The van der Waals surface area contributed by atoms with Crippen molar-refractivity contribution in [1.29, 1.82) is 0 Å². The highest BCUT2D eigenvalue weighted by Crippen LogP contribution is 2.19. The molecule has 2 rings (SSSR count). The lowest BCUT2D eigenvalue weighted by atomic mass is 10.0. The number of aliphatic hydroxyl groups excluding tert-OH is 3. The molecule has 2 aromatic rings. The number of aromatic nitrogens is 1.